The molecule has 0 bridgehead atoms. The molecule has 0 saturated heterocycles. The van der Waals surface area contributed by atoms with Gasteiger partial charge < -0.3 is 5.32 Å². The summed E-state index contributed by atoms with van der Waals surface area (Å²) in [5.41, 5.74) is 0.599. The molecule has 0 heterocycles. The third-order valence-corrected chi connectivity index (χ3v) is 4.19. The van der Waals surface area contributed by atoms with Gasteiger partial charge in [-0.2, -0.15) is 0 Å². The molecule has 1 saturated carbocycles. The molecule has 1 rings (SSSR count). The molecule has 0 aliphatic heterocycles. The number of rotatable bonds is 10. The second-order valence-corrected chi connectivity index (χ2v) is 5.87. The summed E-state index contributed by atoms with van der Waals surface area (Å²) in [6, 6.07) is 0. The van der Waals surface area contributed by atoms with Gasteiger partial charge in [-0.1, -0.05) is 52.9 Å². The Hall–Kier alpha value is -0.0400. The van der Waals surface area contributed by atoms with Gasteiger partial charge in [-0.3, -0.25) is 0 Å². The van der Waals surface area contributed by atoms with Crippen LogP contribution in [-0.2, 0) is 0 Å². The first-order valence-corrected chi connectivity index (χ1v) is 7.43. The van der Waals surface area contributed by atoms with Crippen molar-refractivity contribution in [1.29, 1.82) is 0 Å². The SMILES string of the molecule is CCCCCCCC(C)(CNCC)C1CC1. The van der Waals surface area contributed by atoms with E-state index in [2.05, 4.69) is 26.1 Å². The Morgan fingerprint density at radius 2 is 1.75 bits per heavy atom. The van der Waals surface area contributed by atoms with Gasteiger partial charge in [0.05, 0.1) is 0 Å². The minimum absolute atomic E-state index is 0.599. The fourth-order valence-electron chi connectivity index (χ4n) is 2.76. The maximum Gasteiger partial charge on any atom is 0.000770 e. The van der Waals surface area contributed by atoms with Crippen LogP contribution in [-0.4, -0.2) is 13.1 Å². The average Bonchev–Trinajstić information content (AvgIpc) is 3.10. The molecule has 0 spiro atoms. The van der Waals surface area contributed by atoms with Crippen LogP contribution in [0.3, 0.4) is 0 Å². The molecule has 0 aromatic rings. The minimum atomic E-state index is 0.599. The molecular weight excluding hydrogens is 194 g/mol. The van der Waals surface area contributed by atoms with Gasteiger partial charge in [0, 0.05) is 6.54 Å². The summed E-state index contributed by atoms with van der Waals surface area (Å²) in [6.07, 6.45) is 11.5. The average molecular weight is 225 g/mol. The molecule has 0 radical (unpaired) electrons. The zero-order chi connectivity index (χ0) is 11.9. The first-order valence-electron chi connectivity index (χ1n) is 7.43. The van der Waals surface area contributed by atoms with E-state index in [4.69, 9.17) is 0 Å². The van der Waals surface area contributed by atoms with E-state index in [0.29, 0.717) is 5.41 Å². The largest absolute Gasteiger partial charge is 0.316 e. The number of nitrogens with one attached hydrogen (secondary N) is 1. The highest BCUT2D eigenvalue weighted by Gasteiger charge is 2.40. The zero-order valence-corrected chi connectivity index (χ0v) is 11.6. The summed E-state index contributed by atoms with van der Waals surface area (Å²) in [7, 11) is 0. The quantitative estimate of drug-likeness (QED) is 0.544. The van der Waals surface area contributed by atoms with Gasteiger partial charge in [0.25, 0.3) is 0 Å². The molecule has 16 heavy (non-hydrogen) atoms. The minimum Gasteiger partial charge on any atom is -0.316 e. The van der Waals surface area contributed by atoms with Crippen molar-refractivity contribution in [3.8, 4) is 0 Å². The Bertz CT molecular complexity index is 174. The highest BCUT2D eigenvalue weighted by molar-refractivity contribution is 4.92. The normalized spacial score (nSPS) is 19.7. The molecule has 0 amide bonds. The van der Waals surface area contributed by atoms with Gasteiger partial charge in [0.15, 0.2) is 0 Å². The van der Waals surface area contributed by atoms with Crippen LogP contribution in [0.1, 0.15) is 72.1 Å². The molecule has 1 N–H and O–H groups in total. The summed E-state index contributed by atoms with van der Waals surface area (Å²) in [4.78, 5) is 0. The highest BCUT2D eigenvalue weighted by Crippen LogP contribution is 2.48. The molecule has 1 unspecified atom stereocenters. The number of hydrogen-bond donors (Lipinski definition) is 1. The van der Waals surface area contributed by atoms with Crippen LogP contribution in [0.5, 0.6) is 0 Å². The summed E-state index contributed by atoms with van der Waals surface area (Å²) >= 11 is 0. The predicted molar refractivity (Wildman–Crippen MR) is 72.8 cm³/mol. The fourth-order valence-corrected chi connectivity index (χ4v) is 2.76. The number of hydrogen-bond acceptors (Lipinski definition) is 1. The molecule has 1 atom stereocenters. The first kappa shape index (κ1) is 14.0. The molecule has 1 heteroatoms. The second kappa shape index (κ2) is 7.32. The third-order valence-electron chi connectivity index (χ3n) is 4.19. The lowest BCUT2D eigenvalue weighted by Gasteiger charge is -2.30. The van der Waals surface area contributed by atoms with Gasteiger partial charge in [0.2, 0.25) is 0 Å². The highest BCUT2D eigenvalue weighted by atomic mass is 14.9. The standard InChI is InChI=1S/C15H31N/c1-4-6-7-8-9-12-15(3,13-16-5-2)14-10-11-14/h14,16H,4-13H2,1-3H3. The van der Waals surface area contributed by atoms with Crippen molar-refractivity contribution in [3.05, 3.63) is 0 Å². The van der Waals surface area contributed by atoms with Crippen LogP contribution in [0, 0.1) is 11.3 Å². The third kappa shape index (κ3) is 4.86. The van der Waals surface area contributed by atoms with E-state index in [1.165, 1.54) is 57.9 Å². The fraction of sp³-hybridized carbons (Fsp3) is 1.00. The van der Waals surface area contributed by atoms with Crippen molar-refractivity contribution in [2.75, 3.05) is 13.1 Å². The predicted octanol–water partition coefficient (Wildman–Crippen LogP) is 4.37. The van der Waals surface area contributed by atoms with Gasteiger partial charge in [-0.25, -0.2) is 0 Å². The van der Waals surface area contributed by atoms with Gasteiger partial charge in [0.1, 0.15) is 0 Å². The molecule has 1 nitrogen and oxygen atoms in total. The molecular formula is C15H31N. The van der Waals surface area contributed by atoms with Crippen LogP contribution < -0.4 is 5.32 Å². The lowest BCUT2D eigenvalue weighted by atomic mass is 9.79. The molecule has 1 aliphatic rings. The van der Waals surface area contributed by atoms with Crippen molar-refractivity contribution in [2.24, 2.45) is 11.3 Å². The molecule has 96 valence electrons. The lowest BCUT2D eigenvalue weighted by Crippen LogP contribution is -2.33. The second-order valence-electron chi connectivity index (χ2n) is 5.87. The van der Waals surface area contributed by atoms with Crippen molar-refractivity contribution >= 4 is 0 Å². The van der Waals surface area contributed by atoms with Gasteiger partial charge in [-0.15, -0.1) is 0 Å². The Balaban J connectivity index is 2.17. The Kier molecular flexibility index (Phi) is 6.41. The summed E-state index contributed by atoms with van der Waals surface area (Å²) in [5, 5.41) is 3.56. The van der Waals surface area contributed by atoms with E-state index in [1.54, 1.807) is 0 Å². The van der Waals surface area contributed by atoms with E-state index in [-0.39, 0.29) is 0 Å². The van der Waals surface area contributed by atoms with Crippen LogP contribution in [0.4, 0.5) is 0 Å². The van der Waals surface area contributed by atoms with Gasteiger partial charge in [-0.05, 0) is 37.1 Å². The summed E-state index contributed by atoms with van der Waals surface area (Å²) in [5.74, 6) is 1.03. The first-order chi connectivity index (χ1) is 7.73. The van der Waals surface area contributed by atoms with Crippen molar-refractivity contribution < 1.29 is 0 Å². The molecule has 1 fully saturated rings. The Morgan fingerprint density at radius 1 is 1.06 bits per heavy atom. The molecule has 0 aromatic carbocycles. The van der Waals surface area contributed by atoms with Crippen LogP contribution in [0.15, 0.2) is 0 Å². The van der Waals surface area contributed by atoms with Crippen molar-refractivity contribution in [3.63, 3.8) is 0 Å². The Labute approximate surface area is 102 Å². The van der Waals surface area contributed by atoms with Crippen molar-refractivity contribution in [1.82, 2.24) is 5.32 Å². The topological polar surface area (TPSA) is 12.0 Å². The van der Waals surface area contributed by atoms with E-state index in [0.717, 1.165) is 12.5 Å². The number of unbranched alkanes of at least 4 members (excludes halogenated alkanes) is 4. The maximum atomic E-state index is 3.56. The molecule has 1 aliphatic carbocycles. The summed E-state index contributed by atoms with van der Waals surface area (Å²) in [6.45, 7) is 9.38. The van der Waals surface area contributed by atoms with Crippen LogP contribution in [0.25, 0.3) is 0 Å². The van der Waals surface area contributed by atoms with E-state index < -0.39 is 0 Å². The lowest BCUT2D eigenvalue weighted by molar-refractivity contribution is 0.229. The van der Waals surface area contributed by atoms with Gasteiger partial charge >= 0.3 is 0 Å². The van der Waals surface area contributed by atoms with Crippen LogP contribution >= 0.6 is 0 Å². The van der Waals surface area contributed by atoms with E-state index in [1.807, 2.05) is 0 Å². The summed E-state index contributed by atoms with van der Waals surface area (Å²) < 4.78 is 0. The van der Waals surface area contributed by atoms with Crippen molar-refractivity contribution in [2.45, 2.75) is 72.1 Å². The van der Waals surface area contributed by atoms with E-state index >= 15 is 0 Å². The molecule has 0 aromatic heterocycles. The van der Waals surface area contributed by atoms with E-state index in [9.17, 15) is 0 Å². The van der Waals surface area contributed by atoms with Crippen LogP contribution in [0.2, 0.25) is 0 Å². The maximum absolute atomic E-state index is 3.56. The zero-order valence-electron chi connectivity index (χ0n) is 11.6. The monoisotopic (exact) mass is 225 g/mol. The Morgan fingerprint density at radius 3 is 2.31 bits per heavy atom. The smallest absolute Gasteiger partial charge is 0.000770 e.